The summed E-state index contributed by atoms with van der Waals surface area (Å²) in [5.41, 5.74) is 2.08. The van der Waals surface area contributed by atoms with Gasteiger partial charge in [-0.15, -0.1) is 0 Å². The Morgan fingerprint density at radius 3 is 1.81 bits per heavy atom. The molecule has 0 saturated carbocycles. The summed E-state index contributed by atoms with van der Waals surface area (Å²) >= 11 is 0. The summed E-state index contributed by atoms with van der Waals surface area (Å²) in [6, 6.07) is 20.7. The van der Waals surface area contributed by atoms with Gasteiger partial charge in [0, 0.05) is 14.1 Å². The van der Waals surface area contributed by atoms with Gasteiger partial charge < -0.3 is 4.90 Å². The van der Waals surface area contributed by atoms with Crippen molar-refractivity contribution >= 4 is 24.6 Å². The molecule has 0 aliphatic carbocycles. The van der Waals surface area contributed by atoms with Crippen LogP contribution in [0, 0.1) is 0 Å². The molecule has 0 aliphatic heterocycles. The van der Waals surface area contributed by atoms with Crippen molar-refractivity contribution in [2.75, 3.05) is 28.2 Å². The summed E-state index contributed by atoms with van der Waals surface area (Å²) in [5.74, 6) is 0. The molecule has 1 atom stereocenters. The number of nitrogens with zero attached hydrogens (tertiary/aromatic N) is 3. The molecule has 0 amide bonds. The van der Waals surface area contributed by atoms with Gasteiger partial charge in [-0.3, -0.25) is 4.67 Å². The molecule has 0 aromatic heterocycles. The molecule has 2 rings (SSSR count). The van der Waals surface area contributed by atoms with Crippen molar-refractivity contribution in [1.82, 2.24) is 9.57 Å². The summed E-state index contributed by atoms with van der Waals surface area (Å²) in [7, 11) is 7.71. The predicted octanol–water partition coefficient (Wildman–Crippen LogP) is 3.52. The quantitative estimate of drug-likeness (QED) is 0.489. The molecular weight excluding hydrogens is 277 g/mol. The molecule has 0 saturated heterocycles. The number of hydrogen-bond donors (Lipinski definition) is 0. The van der Waals surface area contributed by atoms with Crippen molar-refractivity contribution in [3.05, 3.63) is 60.7 Å². The van der Waals surface area contributed by atoms with Crippen molar-refractivity contribution in [2.45, 2.75) is 0 Å². The molecule has 1 unspecified atom stereocenters. The lowest BCUT2D eigenvalue weighted by Crippen LogP contribution is -2.29. The molecule has 2 aromatic carbocycles. The van der Waals surface area contributed by atoms with Crippen LogP contribution in [-0.4, -0.2) is 43.3 Å². The van der Waals surface area contributed by atoms with Crippen LogP contribution in [-0.2, 0) is 0 Å². The minimum Gasteiger partial charge on any atom is -0.361 e. The fourth-order valence-corrected chi connectivity index (χ4v) is 4.14. The lowest BCUT2D eigenvalue weighted by atomic mass is 10.3. The van der Waals surface area contributed by atoms with Gasteiger partial charge in [0.05, 0.1) is 13.8 Å². The zero-order valence-corrected chi connectivity index (χ0v) is 14.0. The van der Waals surface area contributed by atoms with Gasteiger partial charge in [-0.2, -0.15) is 0 Å². The van der Waals surface area contributed by atoms with Crippen LogP contribution in [0.5, 0.6) is 0 Å². The number of amidine groups is 1. The Morgan fingerprint density at radius 2 is 1.33 bits per heavy atom. The highest BCUT2D eigenvalue weighted by molar-refractivity contribution is 7.79. The molecule has 0 bridgehead atoms. The van der Waals surface area contributed by atoms with Crippen LogP contribution in [0.3, 0.4) is 0 Å². The molecule has 3 nitrogen and oxygen atoms in total. The average molecular weight is 299 g/mol. The Labute approximate surface area is 128 Å². The number of benzene rings is 2. The molecule has 0 N–H and O–H groups in total. The highest BCUT2D eigenvalue weighted by Crippen LogP contribution is 2.40. The van der Waals surface area contributed by atoms with E-state index in [9.17, 15) is 0 Å². The number of hydrogen-bond acceptors (Lipinski definition) is 2. The van der Waals surface area contributed by atoms with E-state index in [2.05, 4.69) is 68.1 Å². The predicted molar refractivity (Wildman–Crippen MR) is 93.9 cm³/mol. The SMILES string of the molecule is CN(C)C(=Nc1ccccc1)P(c1ccccc1)N(C)C. The summed E-state index contributed by atoms with van der Waals surface area (Å²) in [4.78, 5) is 7.00. The molecule has 0 spiro atoms. The Kier molecular flexibility index (Phi) is 5.49. The van der Waals surface area contributed by atoms with Gasteiger partial charge in [0.15, 0.2) is 0 Å². The van der Waals surface area contributed by atoms with E-state index < -0.39 is 8.07 Å². The van der Waals surface area contributed by atoms with Gasteiger partial charge in [-0.25, -0.2) is 4.99 Å². The van der Waals surface area contributed by atoms with Crippen LogP contribution < -0.4 is 5.30 Å². The van der Waals surface area contributed by atoms with E-state index in [4.69, 9.17) is 4.99 Å². The highest BCUT2D eigenvalue weighted by Gasteiger charge is 2.22. The van der Waals surface area contributed by atoms with E-state index in [0.717, 1.165) is 11.3 Å². The van der Waals surface area contributed by atoms with E-state index in [1.807, 2.05) is 30.3 Å². The lowest BCUT2D eigenvalue weighted by Gasteiger charge is -2.30. The van der Waals surface area contributed by atoms with Crippen LogP contribution in [0.4, 0.5) is 5.69 Å². The summed E-state index contributed by atoms with van der Waals surface area (Å²) in [6.07, 6.45) is 0. The first kappa shape index (κ1) is 15.7. The van der Waals surface area contributed by atoms with Gasteiger partial charge in [-0.05, 0) is 31.5 Å². The summed E-state index contributed by atoms with van der Waals surface area (Å²) < 4.78 is 2.26. The topological polar surface area (TPSA) is 18.8 Å². The van der Waals surface area contributed by atoms with E-state index in [0.29, 0.717) is 0 Å². The first-order valence-corrected chi connectivity index (χ1v) is 8.22. The second-order valence-corrected chi connectivity index (χ2v) is 7.48. The van der Waals surface area contributed by atoms with Crippen molar-refractivity contribution in [3.8, 4) is 0 Å². The van der Waals surface area contributed by atoms with Crippen LogP contribution in [0.25, 0.3) is 0 Å². The average Bonchev–Trinajstić information content (AvgIpc) is 2.48. The molecule has 0 radical (unpaired) electrons. The number of aliphatic imine (C=N–C) groups is 1. The van der Waals surface area contributed by atoms with Crippen LogP contribution in [0.15, 0.2) is 65.7 Å². The van der Waals surface area contributed by atoms with Crippen LogP contribution >= 0.6 is 8.07 Å². The maximum atomic E-state index is 4.89. The molecule has 110 valence electrons. The molecule has 0 aliphatic rings. The number of rotatable bonds is 4. The van der Waals surface area contributed by atoms with Gasteiger partial charge >= 0.3 is 0 Å². The van der Waals surface area contributed by atoms with Gasteiger partial charge in [0.25, 0.3) is 0 Å². The van der Waals surface area contributed by atoms with Gasteiger partial charge in [-0.1, -0.05) is 48.5 Å². The van der Waals surface area contributed by atoms with Gasteiger partial charge in [0.1, 0.15) is 5.58 Å². The Hall–Kier alpha value is -1.70. The van der Waals surface area contributed by atoms with E-state index in [-0.39, 0.29) is 0 Å². The molecular formula is C17H22N3P. The Balaban J connectivity index is 2.46. The first-order valence-electron chi connectivity index (χ1n) is 6.93. The van der Waals surface area contributed by atoms with Gasteiger partial charge in [0.2, 0.25) is 0 Å². The van der Waals surface area contributed by atoms with E-state index in [1.54, 1.807) is 0 Å². The zero-order valence-electron chi connectivity index (χ0n) is 13.1. The zero-order chi connectivity index (χ0) is 15.2. The molecule has 0 fully saturated rings. The second kappa shape index (κ2) is 7.35. The largest absolute Gasteiger partial charge is 0.361 e. The van der Waals surface area contributed by atoms with E-state index >= 15 is 0 Å². The third kappa shape index (κ3) is 4.13. The maximum Gasteiger partial charge on any atom is 0.147 e. The van der Waals surface area contributed by atoms with Crippen molar-refractivity contribution in [3.63, 3.8) is 0 Å². The molecule has 2 aromatic rings. The summed E-state index contributed by atoms with van der Waals surface area (Å²) in [5, 5.41) is 1.31. The monoisotopic (exact) mass is 299 g/mol. The minimum atomic E-state index is -0.632. The Morgan fingerprint density at radius 1 is 0.810 bits per heavy atom. The molecule has 0 heterocycles. The van der Waals surface area contributed by atoms with Crippen LogP contribution in [0.2, 0.25) is 0 Å². The summed E-state index contributed by atoms with van der Waals surface area (Å²) in [6.45, 7) is 0. The Bertz CT molecular complexity index is 579. The second-order valence-electron chi connectivity index (χ2n) is 5.14. The maximum absolute atomic E-state index is 4.89. The highest BCUT2D eigenvalue weighted by atomic mass is 31.1. The number of para-hydroxylation sites is 1. The molecule has 21 heavy (non-hydrogen) atoms. The van der Waals surface area contributed by atoms with Crippen molar-refractivity contribution in [1.29, 1.82) is 0 Å². The lowest BCUT2D eigenvalue weighted by molar-refractivity contribution is 0.624. The first-order chi connectivity index (χ1) is 10.1. The third-order valence-electron chi connectivity index (χ3n) is 2.98. The minimum absolute atomic E-state index is 0.632. The standard InChI is InChI=1S/C17H22N3P/c1-19(2)17(18-15-11-7-5-8-12-15)21(20(3)4)16-13-9-6-10-14-16/h5-14H,1-4H3. The van der Waals surface area contributed by atoms with Crippen LogP contribution in [0.1, 0.15) is 0 Å². The molecule has 4 heteroatoms. The third-order valence-corrected chi connectivity index (χ3v) is 5.44. The normalized spacial score (nSPS) is 13.3. The van der Waals surface area contributed by atoms with Crippen molar-refractivity contribution < 1.29 is 0 Å². The smallest absolute Gasteiger partial charge is 0.147 e. The van der Waals surface area contributed by atoms with Crippen molar-refractivity contribution in [2.24, 2.45) is 4.99 Å². The fourth-order valence-electron chi connectivity index (χ4n) is 2.05. The fraction of sp³-hybridized carbons (Fsp3) is 0.235. The van der Waals surface area contributed by atoms with E-state index in [1.165, 1.54) is 5.30 Å².